The third kappa shape index (κ3) is 2.53. The molecule has 0 aliphatic heterocycles. The van der Waals surface area contributed by atoms with Gasteiger partial charge in [-0.2, -0.15) is 0 Å². The van der Waals surface area contributed by atoms with E-state index in [9.17, 15) is 0 Å². The largest absolute Gasteiger partial charge is 0.378 e. The van der Waals surface area contributed by atoms with Crippen molar-refractivity contribution in [3.8, 4) is 0 Å². The fourth-order valence-corrected chi connectivity index (χ4v) is 2.14. The van der Waals surface area contributed by atoms with Crippen molar-refractivity contribution in [1.82, 2.24) is 15.0 Å². The van der Waals surface area contributed by atoms with Crippen molar-refractivity contribution in [3.05, 3.63) is 52.9 Å². The van der Waals surface area contributed by atoms with Crippen LogP contribution < -0.4 is 5.32 Å². The summed E-state index contributed by atoms with van der Waals surface area (Å²) in [4.78, 5) is 12.0. The lowest BCUT2D eigenvalue weighted by molar-refractivity contribution is 1.01. The highest BCUT2D eigenvalue weighted by atomic mass is 35.5. The second-order valence-electron chi connectivity index (χ2n) is 4.37. The second-order valence-corrected chi connectivity index (χ2v) is 4.81. The standard InChI is InChI=1S/C14H13ClN4/c1-9-5-6-16-14-13(9)18-12(19-14)8-17-11-4-2-3-10(15)7-11/h2-7,17H,8H2,1H3,(H,16,18,19). The van der Waals surface area contributed by atoms with Crippen LogP contribution in [0.1, 0.15) is 11.4 Å². The molecule has 5 heteroatoms. The molecule has 1 aromatic carbocycles. The third-order valence-electron chi connectivity index (χ3n) is 2.93. The van der Waals surface area contributed by atoms with Gasteiger partial charge in [-0.3, -0.25) is 0 Å². The lowest BCUT2D eigenvalue weighted by Gasteiger charge is -2.04. The van der Waals surface area contributed by atoms with Crippen LogP contribution in [0.4, 0.5) is 5.69 Å². The summed E-state index contributed by atoms with van der Waals surface area (Å²) >= 11 is 5.94. The molecule has 0 saturated carbocycles. The summed E-state index contributed by atoms with van der Waals surface area (Å²) in [6.07, 6.45) is 1.77. The normalized spacial score (nSPS) is 10.8. The van der Waals surface area contributed by atoms with E-state index in [0.717, 1.165) is 28.2 Å². The van der Waals surface area contributed by atoms with E-state index >= 15 is 0 Å². The molecule has 4 nitrogen and oxygen atoms in total. The van der Waals surface area contributed by atoms with Gasteiger partial charge in [0.2, 0.25) is 0 Å². The molecule has 0 aliphatic carbocycles. The quantitative estimate of drug-likeness (QED) is 0.767. The Morgan fingerprint density at radius 2 is 2.21 bits per heavy atom. The molecule has 0 atom stereocenters. The maximum atomic E-state index is 5.94. The van der Waals surface area contributed by atoms with Gasteiger partial charge in [-0.05, 0) is 36.8 Å². The number of imidazole rings is 1. The van der Waals surface area contributed by atoms with Crippen molar-refractivity contribution in [2.75, 3.05) is 5.32 Å². The molecule has 0 amide bonds. The van der Waals surface area contributed by atoms with Gasteiger partial charge >= 0.3 is 0 Å². The minimum Gasteiger partial charge on any atom is -0.378 e. The number of pyridine rings is 1. The number of anilines is 1. The Hall–Kier alpha value is -2.07. The predicted octanol–water partition coefficient (Wildman–Crippen LogP) is 3.53. The van der Waals surface area contributed by atoms with Crippen LogP contribution in [-0.4, -0.2) is 15.0 Å². The van der Waals surface area contributed by atoms with Crippen LogP contribution >= 0.6 is 11.6 Å². The van der Waals surface area contributed by atoms with Gasteiger partial charge in [-0.25, -0.2) is 9.97 Å². The third-order valence-corrected chi connectivity index (χ3v) is 3.17. The fraction of sp³-hybridized carbons (Fsp3) is 0.143. The van der Waals surface area contributed by atoms with Crippen LogP contribution in [0.5, 0.6) is 0 Å². The molecule has 0 radical (unpaired) electrons. The Balaban J connectivity index is 1.80. The van der Waals surface area contributed by atoms with Crippen molar-refractivity contribution in [1.29, 1.82) is 0 Å². The summed E-state index contributed by atoms with van der Waals surface area (Å²) in [5.74, 6) is 0.858. The number of nitrogens with one attached hydrogen (secondary N) is 2. The summed E-state index contributed by atoms with van der Waals surface area (Å²) in [6.45, 7) is 2.65. The van der Waals surface area contributed by atoms with Gasteiger partial charge in [-0.1, -0.05) is 17.7 Å². The Bertz CT molecular complexity index is 720. The molecule has 2 heterocycles. The van der Waals surface area contributed by atoms with Crippen molar-refractivity contribution >= 4 is 28.5 Å². The van der Waals surface area contributed by atoms with E-state index in [-0.39, 0.29) is 0 Å². The zero-order valence-electron chi connectivity index (χ0n) is 10.4. The average Bonchev–Trinajstić information content (AvgIpc) is 2.81. The molecule has 96 valence electrons. The Labute approximate surface area is 115 Å². The van der Waals surface area contributed by atoms with Crippen LogP contribution in [-0.2, 0) is 6.54 Å². The number of hydrogen-bond donors (Lipinski definition) is 2. The first kappa shape index (κ1) is 12.0. The maximum absolute atomic E-state index is 5.94. The maximum Gasteiger partial charge on any atom is 0.178 e. The number of H-pyrrole nitrogens is 1. The molecular formula is C14H13ClN4. The number of fused-ring (bicyclic) bond motifs is 1. The van der Waals surface area contributed by atoms with Gasteiger partial charge < -0.3 is 10.3 Å². The number of aromatic amines is 1. The number of aryl methyl sites for hydroxylation is 1. The summed E-state index contributed by atoms with van der Waals surface area (Å²) < 4.78 is 0. The summed E-state index contributed by atoms with van der Waals surface area (Å²) in [6, 6.07) is 9.58. The highest BCUT2D eigenvalue weighted by Crippen LogP contribution is 2.17. The molecule has 19 heavy (non-hydrogen) atoms. The molecule has 0 bridgehead atoms. The summed E-state index contributed by atoms with van der Waals surface area (Å²) in [7, 11) is 0. The van der Waals surface area contributed by atoms with E-state index in [4.69, 9.17) is 11.6 Å². The first-order valence-electron chi connectivity index (χ1n) is 6.02. The monoisotopic (exact) mass is 272 g/mol. The van der Waals surface area contributed by atoms with Gasteiger partial charge in [0, 0.05) is 16.9 Å². The van der Waals surface area contributed by atoms with Crippen LogP contribution in [0.3, 0.4) is 0 Å². The smallest absolute Gasteiger partial charge is 0.178 e. The molecule has 0 unspecified atom stereocenters. The van der Waals surface area contributed by atoms with E-state index in [1.807, 2.05) is 37.3 Å². The van der Waals surface area contributed by atoms with E-state index in [1.165, 1.54) is 0 Å². The van der Waals surface area contributed by atoms with Crippen molar-refractivity contribution in [2.24, 2.45) is 0 Å². The SMILES string of the molecule is Cc1ccnc2nc(CNc3cccc(Cl)c3)[nH]c12. The highest BCUT2D eigenvalue weighted by molar-refractivity contribution is 6.30. The second kappa shape index (κ2) is 4.90. The number of benzene rings is 1. The average molecular weight is 273 g/mol. The summed E-state index contributed by atoms with van der Waals surface area (Å²) in [5.41, 5.74) is 3.86. The number of halogens is 1. The number of hydrogen-bond acceptors (Lipinski definition) is 3. The van der Waals surface area contributed by atoms with E-state index in [0.29, 0.717) is 11.6 Å². The van der Waals surface area contributed by atoms with Gasteiger partial charge in [0.05, 0.1) is 12.1 Å². The highest BCUT2D eigenvalue weighted by Gasteiger charge is 2.05. The number of nitrogens with zero attached hydrogens (tertiary/aromatic N) is 2. The van der Waals surface area contributed by atoms with Crippen LogP contribution in [0.15, 0.2) is 36.5 Å². The van der Waals surface area contributed by atoms with E-state index in [2.05, 4.69) is 20.3 Å². The minimum absolute atomic E-state index is 0.607. The minimum atomic E-state index is 0.607. The topological polar surface area (TPSA) is 53.6 Å². The fourth-order valence-electron chi connectivity index (χ4n) is 1.95. The van der Waals surface area contributed by atoms with Crippen molar-refractivity contribution in [2.45, 2.75) is 13.5 Å². The van der Waals surface area contributed by atoms with Gasteiger partial charge in [-0.15, -0.1) is 0 Å². The first-order chi connectivity index (χ1) is 9.22. The number of aromatic nitrogens is 3. The Morgan fingerprint density at radius 3 is 3.00 bits per heavy atom. The molecule has 0 spiro atoms. The van der Waals surface area contributed by atoms with Gasteiger partial charge in [0.25, 0.3) is 0 Å². The van der Waals surface area contributed by atoms with Gasteiger partial charge in [0.1, 0.15) is 5.82 Å². The van der Waals surface area contributed by atoms with E-state index < -0.39 is 0 Å². The van der Waals surface area contributed by atoms with E-state index in [1.54, 1.807) is 6.20 Å². The number of rotatable bonds is 3. The van der Waals surface area contributed by atoms with Crippen LogP contribution in [0, 0.1) is 6.92 Å². The molecule has 2 N–H and O–H groups in total. The molecule has 0 fully saturated rings. The molecule has 0 aliphatic rings. The lowest BCUT2D eigenvalue weighted by Crippen LogP contribution is -2.00. The van der Waals surface area contributed by atoms with Crippen molar-refractivity contribution < 1.29 is 0 Å². The zero-order valence-corrected chi connectivity index (χ0v) is 11.2. The Kier molecular flexibility index (Phi) is 3.09. The molecule has 2 aromatic heterocycles. The molecular weight excluding hydrogens is 260 g/mol. The molecule has 0 saturated heterocycles. The Morgan fingerprint density at radius 1 is 1.32 bits per heavy atom. The molecule has 3 aromatic rings. The predicted molar refractivity (Wildman–Crippen MR) is 77.4 cm³/mol. The zero-order chi connectivity index (χ0) is 13.2. The first-order valence-corrected chi connectivity index (χ1v) is 6.40. The van der Waals surface area contributed by atoms with Crippen molar-refractivity contribution in [3.63, 3.8) is 0 Å². The van der Waals surface area contributed by atoms with Crippen LogP contribution in [0.2, 0.25) is 5.02 Å². The van der Waals surface area contributed by atoms with Crippen LogP contribution in [0.25, 0.3) is 11.2 Å². The summed E-state index contributed by atoms with van der Waals surface area (Å²) in [5, 5.41) is 3.99. The van der Waals surface area contributed by atoms with Gasteiger partial charge in [0.15, 0.2) is 5.65 Å². The lowest BCUT2D eigenvalue weighted by atomic mass is 10.3. The molecule has 3 rings (SSSR count).